The van der Waals surface area contributed by atoms with Crippen LogP contribution in [0.2, 0.25) is 0 Å². The first-order chi connectivity index (χ1) is 15.3. The van der Waals surface area contributed by atoms with E-state index < -0.39 is 0 Å². The number of carbonyl (C=O) groups excluding carboxylic acids is 2. The minimum absolute atomic E-state index is 0.00827. The van der Waals surface area contributed by atoms with Gasteiger partial charge >= 0.3 is 0 Å². The first-order valence-corrected chi connectivity index (χ1v) is 11.4. The Kier molecular flexibility index (Phi) is 7.69. The molecule has 0 aromatic heterocycles. The number of piperazine rings is 1. The highest BCUT2D eigenvalue weighted by atomic mass is 32.2. The molecule has 1 aliphatic heterocycles. The zero-order valence-electron chi connectivity index (χ0n) is 18.5. The van der Waals surface area contributed by atoms with E-state index in [1.54, 1.807) is 28.0 Å². The van der Waals surface area contributed by atoms with Gasteiger partial charge in [-0.15, -0.1) is 0 Å². The fourth-order valence-electron chi connectivity index (χ4n) is 3.55. The second-order valence-corrected chi connectivity index (χ2v) is 9.03. The Labute approximate surface area is 192 Å². The lowest BCUT2D eigenvalue weighted by atomic mass is 10.0. The summed E-state index contributed by atoms with van der Waals surface area (Å²) in [4.78, 5) is 40.2. The van der Waals surface area contributed by atoms with Crippen molar-refractivity contribution in [3.8, 4) is 0 Å². The van der Waals surface area contributed by atoms with E-state index in [9.17, 15) is 19.7 Å². The lowest BCUT2D eigenvalue weighted by Crippen LogP contribution is -2.49. The molecule has 0 aliphatic carbocycles. The van der Waals surface area contributed by atoms with Crippen LogP contribution in [0.5, 0.6) is 0 Å². The molecule has 0 N–H and O–H groups in total. The van der Waals surface area contributed by atoms with Crippen molar-refractivity contribution < 1.29 is 14.5 Å². The summed E-state index contributed by atoms with van der Waals surface area (Å²) in [7, 11) is 0. The quantitative estimate of drug-likeness (QED) is 0.363. The molecular formula is C24H27N3O4S. The SMILES string of the molecule is CC(=O)N1CCN(C(=O)/C=C\c2ccc(Sc3ccccc3C(C)C)c([N+](=O)[O-])c2)CC1. The van der Waals surface area contributed by atoms with Gasteiger partial charge in [0.25, 0.3) is 5.69 Å². The number of hydrogen-bond acceptors (Lipinski definition) is 5. The van der Waals surface area contributed by atoms with Crippen LogP contribution in [0.15, 0.2) is 58.3 Å². The molecule has 1 saturated heterocycles. The number of hydrogen-bond donors (Lipinski definition) is 0. The number of nitrogens with zero attached hydrogens (tertiary/aromatic N) is 3. The van der Waals surface area contributed by atoms with Gasteiger partial charge in [0.1, 0.15) is 0 Å². The molecule has 1 aliphatic rings. The normalized spacial score (nSPS) is 14.2. The Morgan fingerprint density at radius 1 is 1.03 bits per heavy atom. The summed E-state index contributed by atoms with van der Waals surface area (Å²) in [5.74, 6) is 0.150. The third-order valence-electron chi connectivity index (χ3n) is 5.40. The van der Waals surface area contributed by atoms with Crippen LogP contribution < -0.4 is 0 Å². The minimum Gasteiger partial charge on any atom is -0.339 e. The summed E-state index contributed by atoms with van der Waals surface area (Å²) in [6.07, 6.45) is 3.03. The Hall–Kier alpha value is -3.13. The first kappa shape index (κ1) is 23.5. The monoisotopic (exact) mass is 453 g/mol. The zero-order valence-corrected chi connectivity index (χ0v) is 19.3. The molecule has 8 heteroatoms. The molecule has 0 saturated carbocycles. The summed E-state index contributed by atoms with van der Waals surface area (Å²) in [6, 6.07) is 12.9. The van der Waals surface area contributed by atoms with Crippen molar-refractivity contribution >= 4 is 35.3 Å². The van der Waals surface area contributed by atoms with Crippen LogP contribution >= 0.6 is 11.8 Å². The second-order valence-electron chi connectivity index (χ2n) is 7.94. The Morgan fingerprint density at radius 2 is 1.69 bits per heavy atom. The lowest BCUT2D eigenvalue weighted by Gasteiger charge is -2.33. The van der Waals surface area contributed by atoms with Crippen LogP contribution in [0.3, 0.4) is 0 Å². The largest absolute Gasteiger partial charge is 0.339 e. The van der Waals surface area contributed by atoms with Crippen LogP contribution in [-0.4, -0.2) is 52.7 Å². The number of amides is 2. The Balaban J connectivity index is 1.74. The third kappa shape index (κ3) is 5.76. The van der Waals surface area contributed by atoms with Crippen molar-refractivity contribution in [1.82, 2.24) is 9.80 Å². The van der Waals surface area contributed by atoms with Gasteiger partial charge in [-0.05, 0) is 35.3 Å². The van der Waals surface area contributed by atoms with Gasteiger partial charge in [-0.25, -0.2) is 0 Å². The molecule has 2 amide bonds. The average molecular weight is 454 g/mol. The highest BCUT2D eigenvalue weighted by Gasteiger charge is 2.21. The first-order valence-electron chi connectivity index (χ1n) is 10.5. The fraction of sp³-hybridized carbons (Fsp3) is 0.333. The maximum absolute atomic E-state index is 12.5. The summed E-state index contributed by atoms with van der Waals surface area (Å²) < 4.78 is 0. The Morgan fingerprint density at radius 3 is 2.31 bits per heavy atom. The zero-order chi connectivity index (χ0) is 23.3. The average Bonchev–Trinajstić information content (AvgIpc) is 2.78. The van der Waals surface area contributed by atoms with Gasteiger partial charge in [0, 0.05) is 50.1 Å². The maximum Gasteiger partial charge on any atom is 0.283 e. The van der Waals surface area contributed by atoms with Gasteiger partial charge in [0.05, 0.1) is 9.82 Å². The topological polar surface area (TPSA) is 83.8 Å². The lowest BCUT2D eigenvalue weighted by molar-refractivity contribution is -0.387. The van der Waals surface area contributed by atoms with Gasteiger partial charge in [-0.2, -0.15) is 0 Å². The predicted molar refractivity (Wildman–Crippen MR) is 126 cm³/mol. The molecule has 0 radical (unpaired) electrons. The maximum atomic E-state index is 12.5. The molecule has 168 valence electrons. The van der Waals surface area contributed by atoms with E-state index in [-0.39, 0.29) is 22.4 Å². The molecule has 2 aromatic rings. The smallest absolute Gasteiger partial charge is 0.283 e. The predicted octanol–water partition coefficient (Wildman–Crippen LogP) is 4.57. The van der Waals surface area contributed by atoms with Crippen LogP contribution in [0.25, 0.3) is 6.08 Å². The van der Waals surface area contributed by atoms with Crippen molar-refractivity contribution in [3.05, 3.63) is 69.8 Å². The summed E-state index contributed by atoms with van der Waals surface area (Å²) >= 11 is 1.38. The van der Waals surface area contributed by atoms with E-state index in [1.807, 2.05) is 24.3 Å². The molecule has 0 spiro atoms. The summed E-state index contributed by atoms with van der Waals surface area (Å²) in [5, 5.41) is 11.7. The number of carbonyl (C=O) groups is 2. The van der Waals surface area contributed by atoms with Crippen molar-refractivity contribution in [2.24, 2.45) is 0 Å². The fourth-order valence-corrected chi connectivity index (χ4v) is 4.73. The molecule has 0 unspecified atom stereocenters. The number of nitro groups is 1. The molecule has 0 bridgehead atoms. The summed E-state index contributed by atoms with van der Waals surface area (Å²) in [6.45, 7) is 7.71. The van der Waals surface area contributed by atoms with Crippen molar-refractivity contribution in [2.75, 3.05) is 26.2 Å². The van der Waals surface area contributed by atoms with Gasteiger partial charge in [-0.3, -0.25) is 19.7 Å². The van der Waals surface area contributed by atoms with Crippen molar-refractivity contribution in [2.45, 2.75) is 36.5 Å². The van der Waals surface area contributed by atoms with Gasteiger partial charge in [0.15, 0.2) is 0 Å². The minimum atomic E-state index is -0.388. The molecule has 32 heavy (non-hydrogen) atoms. The molecule has 3 rings (SSSR count). The number of nitro benzene ring substituents is 1. The van der Waals surface area contributed by atoms with Crippen LogP contribution in [0.1, 0.15) is 37.8 Å². The highest BCUT2D eigenvalue weighted by molar-refractivity contribution is 7.99. The summed E-state index contributed by atoms with van der Waals surface area (Å²) in [5.41, 5.74) is 1.75. The van der Waals surface area contributed by atoms with E-state index >= 15 is 0 Å². The van der Waals surface area contributed by atoms with E-state index in [0.717, 1.165) is 10.5 Å². The van der Waals surface area contributed by atoms with Gasteiger partial charge < -0.3 is 9.80 Å². The van der Waals surface area contributed by atoms with E-state index in [0.29, 0.717) is 42.6 Å². The van der Waals surface area contributed by atoms with Crippen LogP contribution in [0.4, 0.5) is 5.69 Å². The number of benzene rings is 2. The second kappa shape index (κ2) is 10.5. The molecule has 7 nitrogen and oxygen atoms in total. The Bertz CT molecular complexity index is 1040. The molecular weight excluding hydrogens is 426 g/mol. The van der Waals surface area contributed by atoms with Crippen LogP contribution in [-0.2, 0) is 9.59 Å². The van der Waals surface area contributed by atoms with Gasteiger partial charge in [0.2, 0.25) is 11.8 Å². The molecule has 0 atom stereocenters. The molecule has 1 fully saturated rings. The van der Waals surface area contributed by atoms with Gasteiger partial charge in [-0.1, -0.05) is 49.9 Å². The third-order valence-corrected chi connectivity index (χ3v) is 6.55. The van der Waals surface area contributed by atoms with E-state index in [4.69, 9.17) is 0 Å². The van der Waals surface area contributed by atoms with Crippen molar-refractivity contribution in [3.63, 3.8) is 0 Å². The number of rotatable bonds is 6. The van der Waals surface area contributed by atoms with E-state index in [2.05, 4.69) is 13.8 Å². The molecule has 2 aromatic carbocycles. The van der Waals surface area contributed by atoms with Crippen molar-refractivity contribution in [1.29, 1.82) is 0 Å². The highest BCUT2D eigenvalue weighted by Crippen LogP contribution is 2.39. The molecule has 1 heterocycles. The van der Waals surface area contributed by atoms with Crippen LogP contribution in [0, 0.1) is 10.1 Å². The standard InChI is InChI=1S/C24H27N3O4S/c1-17(2)20-6-4-5-7-22(20)32-23-10-8-19(16-21(23)27(30)31)9-11-24(29)26-14-12-25(13-15-26)18(3)28/h4-11,16-17H,12-15H2,1-3H3/b11-9-. The van der Waals surface area contributed by atoms with E-state index in [1.165, 1.54) is 30.8 Å².